The summed E-state index contributed by atoms with van der Waals surface area (Å²) in [6.45, 7) is 10.3. The topological polar surface area (TPSA) is 0 Å². The lowest BCUT2D eigenvalue weighted by molar-refractivity contribution is 1.29. The number of rotatable bonds is 0. The lowest BCUT2D eigenvalue weighted by Crippen LogP contribution is -2.49. The molecule has 0 fully saturated rings. The molecule has 0 bridgehead atoms. The number of hydrogen-bond acceptors (Lipinski definition) is 0. The van der Waals surface area contributed by atoms with E-state index in [0.29, 0.717) is 0 Å². The maximum atomic E-state index is 6.40. The van der Waals surface area contributed by atoms with Crippen LogP contribution >= 0.6 is 11.6 Å². The SMILES string of the molecule is CC=c1c(C)c(Cl)c(=CC)c(=CC)c1=CC. The molecule has 0 N–H and O–H groups in total. The van der Waals surface area contributed by atoms with Gasteiger partial charge < -0.3 is 0 Å². The maximum absolute atomic E-state index is 6.40. The Kier molecular flexibility index (Phi) is 4.37. The standard InChI is InChI=1S/C15H19Cl/c1-6-11-10(5)15(16)14(9-4)13(8-3)12(11)7-2/h6-9H,1-5H3. The first-order valence-corrected chi connectivity index (χ1v) is 6.03. The average Bonchev–Trinajstić information content (AvgIpc) is 2.31. The zero-order chi connectivity index (χ0) is 12.3. The average molecular weight is 235 g/mol. The maximum Gasteiger partial charge on any atom is 0.0516 e. The van der Waals surface area contributed by atoms with Crippen LogP contribution in [0.25, 0.3) is 24.3 Å². The van der Waals surface area contributed by atoms with Crippen LogP contribution in [0.4, 0.5) is 0 Å². The Labute approximate surface area is 102 Å². The molecule has 0 atom stereocenters. The molecular weight excluding hydrogens is 216 g/mol. The van der Waals surface area contributed by atoms with Crippen LogP contribution in [0.1, 0.15) is 33.3 Å². The van der Waals surface area contributed by atoms with Gasteiger partial charge in [-0.3, -0.25) is 0 Å². The Hall–Kier alpha value is -1.01. The van der Waals surface area contributed by atoms with E-state index in [1.807, 2.05) is 6.92 Å². The quantitative estimate of drug-likeness (QED) is 0.643. The molecule has 0 aromatic heterocycles. The van der Waals surface area contributed by atoms with Crippen LogP contribution in [0, 0.1) is 6.92 Å². The molecule has 0 amide bonds. The van der Waals surface area contributed by atoms with E-state index in [-0.39, 0.29) is 0 Å². The molecule has 0 aliphatic carbocycles. The molecule has 16 heavy (non-hydrogen) atoms. The highest BCUT2D eigenvalue weighted by Crippen LogP contribution is 2.01. The third-order valence-electron chi connectivity index (χ3n) is 2.99. The lowest BCUT2D eigenvalue weighted by atomic mass is 10.0. The van der Waals surface area contributed by atoms with E-state index >= 15 is 0 Å². The fraction of sp³-hybridized carbons (Fsp3) is 0.333. The predicted molar refractivity (Wildman–Crippen MR) is 75.2 cm³/mol. The van der Waals surface area contributed by atoms with Crippen LogP contribution < -0.4 is 20.9 Å². The minimum Gasteiger partial charge on any atom is -0.0834 e. The van der Waals surface area contributed by atoms with Crippen molar-refractivity contribution in [2.45, 2.75) is 34.6 Å². The minimum absolute atomic E-state index is 0.870. The molecule has 1 aromatic carbocycles. The second kappa shape index (κ2) is 5.36. The van der Waals surface area contributed by atoms with Gasteiger partial charge in [-0.15, -0.1) is 0 Å². The molecule has 0 radical (unpaired) electrons. The van der Waals surface area contributed by atoms with Gasteiger partial charge in [-0.05, 0) is 61.1 Å². The summed E-state index contributed by atoms with van der Waals surface area (Å²) >= 11 is 6.40. The molecule has 0 spiro atoms. The summed E-state index contributed by atoms with van der Waals surface area (Å²) in [5.41, 5.74) is 1.16. The van der Waals surface area contributed by atoms with Gasteiger partial charge in [-0.25, -0.2) is 0 Å². The lowest BCUT2D eigenvalue weighted by Gasteiger charge is -2.04. The summed E-state index contributed by atoms with van der Waals surface area (Å²) in [7, 11) is 0. The summed E-state index contributed by atoms with van der Waals surface area (Å²) < 4.78 is 0. The molecule has 0 nitrogen and oxygen atoms in total. The molecule has 1 rings (SSSR count). The zero-order valence-electron chi connectivity index (χ0n) is 10.7. The first-order valence-electron chi connectivity index (χ1n) is 5.65. The highest BCUT2D eigenvalue weighted by molar-refractivity contribution is 6.31. The van der Waals surface area contributed by atoms with Crippen molar-refractivity contribution in [3.63, 3.8) is 0 Å². The molecule has 1 aromatic rings. The van der Waals surface area contributed by atoms with Gasteiger partial charge in [0.05, 0.1) is 5.02 Å². The number of benzene rings is 1. The first kappa shape index (κ1) is 13.1. The van der Waals surface area contributed by atoms with Crippen molar-refractivity contribution in [2.75, 3.05) is 0 Å². The van der Waals surface area contributed by atoms with E-state index in [2.05, 4.69) is 52.0 Å². The molecular formula is C15H19Cl. The number of hydrogen-bond donors (Lipinski definition) is 0. The molecule has 0 unspecified atom stereocenters. The van der Waals surface area contributed by atoms with Gasteiger partial charge >= 0.3 is 0 Å². The van der Waals surface area contributed by atoms with Crippen molar-refractivity contribution in [1.82, 2.24) is 0 Å². The summed E-state index contributed by atoms with van der Waals surface area (Å²) in [5.74, 6) is 0. The van der Waals surface area contributed by atoms with E-state index in [1.165, 1.54) is 15.7 Å². The molecule has 1 heteroatoms. The highest BCUT2D eigenvalue weighted by Gasteiger charge is 2.02. The van der Waals surface area contributed by atoms with Crippen molar-refractivity contribution >= 4 is 35.9 Å². The van der Waals surface area contributed by atoms with E-state index in [9.17, 15) is 0 Å². The van der Waals surface area contributed by atoms with Crippen LogP contribution in [0.3, 0.4) is 0 Å². The largest absolute Gasteiger partial charge is 0.0834 e. The zero-order valence-corrected chi connectivity index (χ0v) is 11.4. The van der Waals surface area contributed by atoms with Gasteiger partial charge in [-0.2, -0.15) is 0 Å². The summed E-state index contributed by atoms with van der Waals surface area (Å²) in [4.78, 5) is 0. The van der Waals surface area contributed by atoms with Crippen LogP contribution in [0.15, 0.2) is 0 Å². The molecule has 0 aliphatic heterocycles. The van der Waals surface area contributed by atoms with Crippen molar-refractivity contribution < 1.29 is 0 Å². The van der Waals surface area contributed by atoms with Crippen molar-refractivity contribution in [3.8, 4) is 0 Å². The summed E-state index contributed by atoms with van der Waals surface area (Å²) in [5, 5.41) is 5.76. The van der Waals surface area contributed by atoms with E-state index < -0.39 is 0 Å². The van der Waals surface area contributed by atoms with Gasteiger partial charge in [0.25, 0.3) is 0 Å². The Bertz CT molecular complexity index is 562. The fourth-order valence-corrected chi connectivity index (χ4v) is 2.52. The van der Waals surface area contributed by atoms with E-state index in [1.54, 1.807) is 0 Å². The van der Waals surface area contributed by atoms with Crippen molar-refractivity contribution in [3.05, 3.63) is 31.5 Å². The summed E-state index contributed by atoms with van der Waals surface area (Å²) in [6, 6.07) is 0. The molecule has 0 aliphatic rings. The van der Waals surface area contributed by atoms with Gasteiger partial charge in [0.15, 0.2) is 0 Å². The van der Waals surface area contributed by atoms with Crippen molar-refractivity contribution in [1.29, 1.82) is 0 Å². The van der Waals surface area contributed by atoms with Gasteiger partial charge in [0.1, 0.15) is 0 Å². The Balaban J connectivity index is 4.31. The normalized spacial score (nSPS) is 16.4. The predicted octanol–water partition coefficient (Wildman–Crippen LogP) is 1.85. The van der Waals surface area contributed by atoms with Crippen LogP contribution in [0.2, 0.25) is 5.02 Å². The summed E-state index contributed by atoms with van der Waals surface area (Å²) in [6.07, 6.45) is 8.49. The highest BCUT2D eigenvalue weighted by atomic mass is 35.5. The Morgan fingerprint density at radius 3 is 1.44 bits per heavy atom. The smallest absolute Gasteiger partial charge is 0.0516 e. The second-order valence-electron chi connectivity index (χ2n) is 3.75. The van der Waals surface area contributed by atoms with E-state index in [4.69, 9.17) is 11.6 Å². The van der Waals surface area contributed by atoms with Gasteiger partial charge in [0, 0.05) is 0 Å². The first-order chi connectivity index (χ1) is 7.62. The van der Waals surface area contributed by atoms with Crippen molar-refractivity contribution in [2.24, 2.45) is 0 Å². The Morgan fingerprint density at radius 2 is 1.06 bits per heavy atom. The van der Waals surface area contributed by atoms with E-state index in [0.717, 1.165) is 15.8 Å². The third-order valence-corrected chi connectivity index (χ3v) is 3.48. The van der Waals surface area contributed by atoms with Gasteiger partial charge in [-0.1, -0.05) is 35.9 Å². The molecule has 0 heterocycles. The van der Waals surface area contributed by atoms with Crippen LogP contribution in [-0.4, -0.2) is 0 Å². The van der Waals surface area contributed by atoms with Gasteiger partial charge in [0.2, 0.25) is 0 Å². The molecule has 86 valence electrons. The minimum atomic E-state index is 0.870. The monoisotopic (exact) mass is 234 g/mol. The number of halogens is 1. The second-order valence-corrected chi connectivity index (χ2v) is 4.13. The van der Waals surface area contributed by atoms with Crippen LogP contribution in [-0.2, 0) is 0 Å². The molecule has 0 saturated heterocycles. The fourth-order valence-electron chi connectivity index (χ4n) is 2.21. The third kappa shape index (κ3) is 1.94. The van der Waals surface area contributed by atoms with Crippen LogP contribution in [0.5, 0.6) is 0 Å². The Morgan fingerprint density at radius 1 is 0.688 bits per heavy atom. The molecule has 0 saturated carbocycles.